The number of hydrogen-bond acceptors (Lipinski definition) is 4. The van der Waals surface area contributed by atoms with Crippen molar-refractivity contribution >= 4 is 51.8 Å². The number of thiophene rings is 1. The molecule has 0 bridgehead atoms. The Labute approximate surface area is 153 Å². The summed E-state index contributed by atoms with van der Waals surface area (Å²) >= 11 is 9.26. The number of hydrogen-bond donors (Lipinski definition) is 2. The van der Waals surface area contributed by atoms with Crippen LogP contribution < -0.4 is 0 Å². The number of phenols is 1. The van der Waals surface area contributed by atoms with Gasteiger partial charge in [0.1, 0.15) is 5.75 Å². The number of fused-ring (bicyclic) bond motifs is 1. The lowest BCUT2D eigenvalue weighted by atomic mass is 9.97. The van der Waals surface area contributed by atoms with Crippen LogP contribution in [0.25, 0.3) is 6.08 Å². The Balaban J connectivity index is 1.93. The van der Waals surface area contributed by atoms with E-state index in [1.54, 1.807) is 17.4 Å². The van der Waals surface area contributed by atoms with Gasteiger partial charge in [-0.15, -0.1) is 11.3 Å². The van der Waals surface area contributed by atoms with Gasteiger partial charge in [0.25, 0.3) is 0 Å². The summed E-state index contributed by atoms with van der Waals surface area (Å²) in [5.41, 5.74) is 3.29. The molecule has 0 saturated heterocycles. The van der Waals surface area contributed by atoms with Gasteiger partial charge in [-0.25, -0.2) is 0 Å². The number of benzene rings is 1. The predicted octanol–water partition coefficient (Wildman–Crippen LogP) is 5.29. The van der Waals surface area contributed by atoms with Gasteiger partial charge in [0.2, 0.25) is 0 Å². The largest absolute Gasteiger partial charge is 0.508 e. The molecule has 1 N–H and O–H groups in total. The number of phenolic OH excluding ortho intramolecular Hbond substituents is 1. The molecule has 0 atom stereocenters. The number of carbonyl (C=O) groups excluding carboxylic acids is 1. The molecule has 1 aliphatic carbocycles. The highest BCUT2D eigenvalue weighted by Gasteiger charge is 2.29. The minimum absolute atomic E-state index is 0.0568. The molecule has 1 heterocycles. The zero-order valence-electron chi connectivity index (χ0n) is 12.5. The van der Waals surface area contributed by atoms with Gasteiger partial charge in [-0.1, -0.05) is 6.07 Å². The summed E-state index contributed by atoms with van der Waals surface area (Å²) in [6.07, 6.45) is 5.33. The lowest BCUT2D eigenvalue weighted by molar-refractivity contribution is 0.103. The van der Waals surface area contributed by atoms with Crippen LogP contribution in [0.15, 0.2) is 33.6 Å². The molecular weight excluding hydrogens is 392 g/mol. The SMILES string of the molecule is O=C1C(=Cc2cc(Br)cs2)Cc2c(O)ccc(CCCCS)c21. The highest BCUT2D eigenvalue weighted by molar-refractivity contribution is 9.10. The molecule has 0 fully saturated rings. The molecule has 0 aliphatic heterocycles. The zero-order chi connectivity index (χ0) is 16.4. The van der Waals surface area contributed by atoms with Crippen LogP contribution in [0.5, 0.6) is 5.75 Å². The van der Waals surface area contributed by atoms with Crippen LogP contribution in [0, 0.1) is 0 Å². The Bertz CT molecular complexity index is 777. The molecule has 1 aliphatic rings. The third-order valence-electron chi connectivity index (χ3n) is 4.02. The Kier molecular flexibility index (Phi) is 5.29. The third kappa shape index (κ3) is 3.57. The van der Waals surface area contributed by atoms with Crippen LogP contribution in [-0.4, -0.2) is 16.6 Å². The highest BCUT2D eigenvalue weighted by atomic mass is 79.9. The highest BCUT2D eigenvalue weighted by Crippen LogP contribution is 2.37. The first-order valence-corrected chi connectivity index (χ1v) is 9.84. The summed E-state index contributed by atoms with van der Waals surface area (Å²) in [6, 6.07) is 5.60. The van der Waals surface area contributed by atoms with E-state index in [1.165, 1.54) is 0 Å². The Morgan fingerprint density at radius 1 is 1.35 bits per heavy atom. The monoisotopic (exact) mass is 408 g/mol. The van der Waals surface area contributed by atoms with Crippen molar-refractivity contribution in [3.63, 3.8) is 0 Å². The molecule has 0 unspecified atom stereocenters. The first-order valence-electron chi connectivity index (χ1n) is 7.54. The topological polar surface area (TPSA) is 37.3 Å². The van der Waals surface area contributed by atoms with Crippen molar-refractivity contribution in [2.75, 3.05) is 5.75 Å². The van der Waals surface area contributed by atoms with Gasteiger partial charge in [-0.05, 0) is 64.7 Å². The van der Waals surface area contributed by atoms with Gasteiger partial charge in [-0.2, -0.15) is 12.6 Å². The number of Topliss-reactive ketones (excluding diaryl/α,β-unsaturated/α-hetero) is 1. The van der Waals surface area contributed by atoms with E-state index in [1.807, 2.05) is 23.6 Å². The molecular formula is C18H17BrO2S2. The summed E-state index contributed by atoms with van der Waals surface area (Å²) in [6.45, 7) is 0. The summed E-state index contributed by atoms with van der Waals surface area (Å²) in [7, 11) is 0. The van der Waals surface area contributed by atoms with E-state index in [9.17, 15) is 9.90 Å². The molecule has 1 aromatic carbocycles. The number of halogens is 1. The number of aryl methyl sites for hydroxylation is 1. The fourth-order valence-electron chi connectivity index (χ4n) is 2.91. The van der Waals surface area contributed by atoms with Crippen molar-refractivity contribution in [1.82, 2.24) is 0 Å². The summed E-state index contributed by atoms with van der Waals surface area (Å²) < 4.78 is 1.02. The molecule has 0 spiro atoms. The van der Waals surface area contributed by atoms with E-state index >= 15 is 0 Å². The van der Waals surface area contributed by atoms with Crippen LogP contribution in [0.4, 0.5) is 0 Å². The van der Waals surface area contributed by atoms with Gasteiger partial charge < -0.3 is 5.11 Å². The second-order valence-corrected chi connectivity index (χ2v) is 7.93. The number of rotatable bonds is 5. The van der Waals surface area contributed by atoms with Gasteiger partial charge in [0.05, 0.1) is 0 Å². The molecule has 2 nitrogen and oxygen atoms in total. The second kappa shape index (κ2) is 7.24. The smallest absolute Gasteiger partial charge is 0.190 e. The van der Waals surface area contributed by atoms with Crippen LogP contribution in [-0.2, 0) is 12.8 Å². The van der Waals surface area contributed by atoms with Crippen molar-refractivity contribution in [2.45, 2.75) is 25.7 Å². The Morgan fingerprint density at radius 2 is 2.17 bits per heavy atom. The van der Waals surface area contributed by atoms with Crippen LogP contribution in [0.3, 0.4) is 0 Å². The lowest BCUT2D eigenvalue weighted by Crippen LogP contribution is -2.01. The summed E-state index contributed by atoms with van der Waals surface area (Å²) in [4.78, 5) is 13.9. The number of thiol groups is 1. The predicted molar refractivity (Wildman–Crippen MR) is 103 cm³/mol. The molecule has 0 amide bonds. The fourth-order valence-corrected chi connectivity index (χ4v) is 4.53. The molecule has 3 rings (SSSR count). The molecule has 0 radical (unpaired) electrons. The van der Waals surface area contributed by atoms with Crippen molar-refractivity contribution in [1.29, 1.82) is 0 Å². The molecule has 2 aromatic rings. The number of unbranched alkanes of at least 4 members (excludes halogenated alkanes) is 1. The Hall–Kier alpha value is -1.04. The number of carbonyl (C=O) groups is 1. The third-order valence-corrected chi connectivity index (χ3v) is 5.98. The zero-order valence-corrected chi connectivity index (χ0v) is 15.8. The van der Waals surface area contributed by atoms with Crippen molar-refractivity contribution in [3.8, 4) is 5.75 Å². The molecule has 120 valence electrons. The first kappa shape index (κ1) is 16.8. The Morgan fingerprint density at radius 3 is 2.87 bits per heavy atom. The van der Waals surface area contributed by atoms with Crippen LogP contribution in [0.1, 0.15) is 39.2 Å². The average molecular weight is 409 g/mol. The number of aromatic hydroxyl groups is 1. The first-order chi connectivity index (χ1) is 11.1. The lowest BCUT2D eigenvalue weighted by Gasteiger charge is -2.08. The minimum atomic E-state index is 0.0568. The molecule has 0 saturated carbocycles. The number of ketones is 1. The van der Waals surface area contributed by atoms with Crippen molar-refractivity contribution in [2.24, 2.45) is 0 Å². The van der Waals surface area contributed by atoms with E-state index in [2.05, 4.69) is 28.6 Å². The molecule has 1 aromatic heterocycles. The van der Waals surface area contributed by atoms with Crippen molar-refractivity contribution < 1.29 is 9.90 Å². The normalized spacial score (nSPS) is 15.4. The maximum absolute atomic E-state index is 12.8. The van der Waals surface area contributed by atoms with E-state index in [-0.39, 0.29) is 11.5 Å². The van der Waals surface area contributed by atoms with Crippen molar-refractivity contribution in [3.05, 3.63) is 55.2 Å². The van der Waals surface area contributed by atoms with E-state index < -0.39 is 0 Å². The molecule has 23 heavy (non-hydrogen) atoms. The maximum atomic E-state index is 12.8. The standard InChI is InChI=1S/C18H17BrO2S2/c19-13-9-14(23-10-13)7-12-8-15-16(20)5-4-11(3-1-2-6-22)17(15)18(12)21/h4-5,7,9-10,20,22H,1-3,6,8H2. The average Bonchev–Trinajstić information content (AvgIpc) is 3.08. The van der Waals surface area contributed by atoms with Gasteiger partial charge in [0, 0.05) is 37.9 Å². The summed E-state index contributed by atoms with van der Waals surface area (Å²) in [5, 5.41) is 12.1. The number of allylic oxidation sites excluding steroid dienone is 1. The fraction of sp³-hybridized carbons (Fsp3) is 0.278. The summed E-state index contributed by atoms with van der Waals surface area (Å²) in [5.74, 6) is 1.13. The van der Waals surface area contributed by atoms with Crippen LogP contribution >= 0.6 is 39.9 Å². The van der Waals surface area contributed by atoms with Gasteiger partial charge in [-0.3, -0.25) is 4.79 Å². The quantitative estimate of drug-likeness (QED) is 0.400. The van der Waals surface area contributed by atoms with E-state index in [4.69, 9.17) is 0 Å². The maximum Gasteiger partial charge on any atom is 0.190 e. The minimum Gasteiger partial charge on any atom is -0.508 e. The van der Waals surface area contributed by atoms with E-state index in [0.29, 0.717) is 12.0 Å². The van der Waals surface area contributed by atoms with Crippen LogP contribution in [0.2, 0.25) is 0 Å². The van der Waals surface area contributed by atoms with Gasteiger partial charge in [0.15, 0.2) is 5.78 Å². The van der Waals surface area contributed by atoms with E-state index in [0.717, 1.165) is 51.1 Å². The molecule has 5 heteroatoms. The second-order valence-electron chi connectivity index (χ2n) is 5.62. The van der Waals surface area contributed by atoms with Gasteiger partial charge >= 0.3 is 0 Å².